The molecule has 114 valence electrons. The maximum Gasteiger partial charge on any atom is 0.255 e. The monoisotopic (exact) mass is 307 g/mol. The van der Waals surface area contributed by atoms with E-state index >= 15 is 0 Å². The summed E-state index contributed by atoms with van der Waals surface area (Å²) in [5.41, 5.74) is 8.34. The van der Waals surface area contributed by atoms with Gasteiger partial charge in [-0.1, -0.05) is 30.3 Å². The van der Waals surface area contributed by atoms with Crippen LogP contribution >= 0.6 is 12.4 Å². The lowest BCUT2D eigenvalue weighted by atomic mass is 10.1. The molecule has 0 radical (unpaired) electrons. The Morgan fingerprint density at radius 1 is 1.24 bits per heavy atom. The van der Waals surface area contributed by atoms with E-state index < -0.39 is 0 Å². The van der Waals surface area contributed by atoms with Crippen molar-refractivity contribution in [2.24, 2.45) is 5.73 Å². The van der Waals surface area contributed by atoms with Crippen molar-refractivity contribution in [3.8, 4) is 0 Å². The standard InChI is InChI=1S/C16H21N3O.ClH/c1-13-15(8-10-18-13)16(20)19(11-5-9-17)12-14-6-3-2-4-7-14;/h2-4,6-8,10,18H,5,9,11-12,17H2,1H3;1H. The van der Waals surface area contributed by atoms with Crippen molar-refractivity contribution >= 4 is 18.3 Å². The molecular formula is C16H22ClN3O. The smallest absolute Gasteiger partial charge is 0.255 e. The lowest BCUT2D eigenvalue weighted by molar-refractivity contribution is 0.0741. The van der Waals surface area contributed by atoms with Crippen LogP contribution in [0.25, 0.3) is 0 Å². The fraction of sp³-hybridized carbons (Fsp3) is 0.312. The number of carbonyl (C=O) groups excluding carboxylic acids is 1. The highest BCUT2D eigenvalue weighted by Crippen LogP contribution is 2.13. The van der Waals surface area contributed by atoms with Crippen LogP contribution in [0.1, 0.15) is 28.0 Å². The Labute approximate surface area is 131 Å². The van der Waals surface area contributed by atoms with Gasteiger partial charge in [0, 0.05) is 25.0 Å². The molecule has 0 fully saturated rings. The highest BCUT2D eigenvalue weighted by molar-refractivity contribution is 5.95. The van der Waals surface area contributed by atoms with E-state index in [1.165, 1.54) is 0 Å². The maximum absolute atomic E-state index is 12.6. The Kier molecular flexibility index (Phi) is 6.99. The van der Waals surface area contributed by atoms with Gasteiger partial charge in [-0.05, 0) is 31.5 Å². The molecule has 0 bridgehead atoms. The van der Waals surface area contributed by atoms with E-state index in [1.807, 2.05) is 48.2 Å². The minimum absolute atomic E-state index is 0. The van der Waals surface area contributed by atoms with Gasteiger partial charge in [0.2, 0.25) is 0 Å². The van der Waals surface area contributed by atoms with Crippen molar-refractivity contribution in [1.82, 2.24) is 9.88 Å². The van der Waals surface area contributed by atoms with E-state index in [0.717, 1.165) is 23.2 Å². The van der Waals surface area contributed by atoms with Crippen LogP contribution in [0, 0.1) is 6.92 Å². The molecule has 0 saturated heterocycles. The normalized spacial score (nSPS) is 10.0. The third-order valence-electron chi connectivity index (χ3n) is 3.32. The topological polar surface area (TPSA) is 62.1 Å². The molecule has 0 aliphatic rings. The number of carbonyl (C=O) groups is 1. The summed E-state index contributed by atoms with van der Waals surface area (Å²) in [7, 11) is 0. The summed E-state index contributed by atoms with van der Waals surface area (Å²) in [6.45, 7) is 3.79. The molecule has 2 rings (SSSR count). The summed E-state index contributed by atoms with van der Waals surface area (Å²) in [6.07, 6.45) is 2.61. The van der Waals surface area contributed by atoms with Crippen LogP contribution < -0.4 is 5.73 Å². The van der Waals surface area contributed by atoms with Gasteiger partial charge >= 0.3 is 0 Å². The van der Waals surface area contributed by atoms with Gasteiger partial charge in [-0.2, -0.15) is 0 Å². The van der Waals surface area contributed by atoms with Crippen LogP contribution in [-0.4, -0.2) is 28.9 Å². The van der Waals surface area contributed by atoms with Crippen LogP contribution in [0.15, 0.2) is 42.6 Å². The summed E-state index contributed by atoms with van der Waals surface area (Å²) in [5.74, 6) is 0.0565. The fourth-order valence-corrected chi connectivity index (χ4v) is 2.19. The third-order valence-corrected chi connectivity index (χ3v) is 3.32. The molecule has 1 aromatic carbocycles. The molecule has 5 heteroatoms. The first-order valence-electron chi connectivity index (χ1n) is 6.89. The largest absolute Gasteiger partial charge is 0.365 e. The Bertz CT molecular complexity index is 554. The van der Waals surface area contributed by atoms with Crippen LogP contribution in [0.4, 0.5) is 0 Å². The van der Waals surface area contributed by atoms with Crippen molar-refractivity contribution in [1.29, 1.82) is 0 Å². The van der Waals surface area contributed by atoms with Crippen molar-refractivity contribution in [3.63, 3.8) is 0 Å². The van der Waals surface area contributed by atoms with Gasteiger partial charge in [0.1, 0.15) is 0 Å². The van der Waals surface area contributed by atoms with Gasteiger partial charge in [0.05, 0.1) is 5.56 Å². The Morgan fingerprint density at radius 2 is 1.95 bits per heavy atom. The second kappa shape index (κ2) is 8.49. The maximum atomic E-state index is 12.6. The number of benzene rings is 1. The number of nitrogens with zero attached hydrogens (tertiary/aromatic N) is 1. The number of rotatable bonds is 6. The first-order chi connectivity index (χ1) is 9.72. The summed E-state index contributed by atoms with van der Waals surface area (Å²) in [5, 5.41) is 0. The Morgan fingerprint density at radius 3 is 2.52 bits per heavy atom. The average molecular weight is 308 g/mol. The molecule has 21 heavy (non-hydrogen) atoms. The number of aryl methyl sites for hydroxylation is 1. The molecule has 0 atom stereocenters. The SMILES string of the molecule is Cc1[nH]ccc1C(=O)N(CCCN)Cc1ccccc1.Cl. The van der Waals surface area contributed by atoms with E-state index in [0.29, 0.717) is 19.6 Å². The average Bonchev–Trinajstić information content (AvgIpc) is 2.90. The number of aromatic amines is 1. The van der Waals surface area contributed by atoms with Crippen LogP contribution in [0.5, 0.6) is 0 Å². The lowest BCUT2D eigenvalue weighted by Crippen LogP contribution is -2.32. The number of amides is 1. The number of nitrogens with two attached hydrogens (primary N) is 1. The molecule has 0 saturated carbocycles. The highest BCUT2D eigenvalue weighted by atomic mass is 35.5. The van der Waals surface area contributed by atoms with Crippen LogP contribution in [0.3, 0.4) is 0 Å². The molecule has 1 amide bonds. The number of hydrogen-bond acceptors (Lipinski definition) is 2. The molecule has 1 aromatic heterocycles. The molecule has 0 aliphatic heterocycles. The molecule has 0 unspecified atom stereocenters. The summed E-state index contributed by atoms with van der Waals surface area (Å²) in [6, 6.07) is 11.9. The van der Waals surface area contributed by atoms with Crippen molar-refractivity contribution in [2.45, 2.75) is 19.9 Å². The molecule has 0 aliphatic carbocycles. The molecule has 4 nitrogen and oxygen atoms in total. The number of nitrogens with one attached hydrogen (secondary N) is 1. The summed E-state index contributed by atoms with van der Waals surface area (Å²) < 4.78 is 0. The van der Waals surface area contributed by atoms with Gasteiger partial charge in [0.25, 0.3) is 5.91 Å². The first kappa shape index (κ1) is 17.3. The van der Waals surface area contributed by atoms with E-state index in [9.17, 15) is 4.79 Å². The molecule has 3 N–H and O–H groups in total. The van der Waals surface area contributed by atoms with Crippen molar-refractivity contribution in [2.75, 3.05) is 13.1 Å². The predicted octanol–water partition coefficient (Wildman–Crippen LogP) is 2.74. The number of aromatic nitrogens is 1. The predicted molar refractivity (Wildman–Crippen MR) is 87.6 cm³/mol. The van der Waals surface area contributed by atoms with Gasteiger partial charge in [-0.15, -0.1) is 12.4 Å². The van der Waals surface area contributed by atoms with E-state index in [4.69, 9.17) is 5.73 Å². The second-order valence-electron chi connectivity index (χ2n) is 4.87. The van der Waals surface area contributed by atoms with Crippen molar-refractivity contribution < 1.29 is 4.79 Å². The fourth-order valence-electron chi connectivity index (χ4n) is 2.19. The number of hydrogen-bond donors (Lipinski definition) is 2. The molecule has 1 heterocycles. The third kappa shape index (κ3) is 4.62. The van der Waals surface area contributed by atoms with Crippen LogP contribution in [0.2, 0.25) is 0 Å². The Hall–Kier alpha value is -1.78. The second-order valence-corrected chi connectivity index (χ2v) is 4.87. The molecule has 0 spiro atoms. The van der Waals surface area contributed by atoms with E-state index in [-0.39, 0.29) is 18.3 Å². The quantitative estimate of drug-likeness (QED) is 0.862. The summed E-state index contributed by atoms with van der Waals surface area (Å²) in [4.78, 5) is 17.5. The van der Waals surface area contributed by atoms with Gasteiger partial charge in [-0.25, -0.2) is 0 Å². The molecule has 2 aromatic rings. The van der Waals surface area contributed by atoms with Gasteiger partial charge in [0.15, 0.2) is 0 Å². The first-order valence-corrected chi connectivity index (χ1v) is 6.89. The minimum Gasteiger partial charge on any atom is -0.365 e. The van der Waals surface area contributed by atoms with E-state index in [2.05, 4.69) is 4.98 Å². The summed E-state index contributed by atoms with van der Waals surface area (Å²) >= 11 is 0. The minimum atomic E-state index is 0. The zero-order valence-electron chi connectivity index (χ0n) is 12.2. The number of halogens is 1. The van der Waals surface area contributed by atoms with Gasteiger partial charge in [-0.3, -0.25) is 4.79 Å². The van der Waals surface area contributed by atoms with E-state index in [1.54, 1.807) is 6.20 Å². The van der Waals surface area contributed by atoms with Crippen LogP contribution in [-0.2, 0) is 6.54 Å². The zero-order valence-corrected chi connectivity index (χ0v) is 13.0. The number of H-pyrrole nitrogens is 1. The zero-order chi connectivity index (χ0) is 14.4. The molecular weight excluding hydrogens is 286 g/mol. The highest BCUT2D eigenvalue weighted by Gasteiger charge is 2.18. The van der Waals surface area contributed by atoms with Gasteiger partial charge < -0.3 is 15.6 Å². The lowest BCUT2D eigenvalue weighted by Gasteiger charge is -2.22. The Balaban J connectivity index is 0.00000220. The van der Waals surface area contributed by atoms with Crippen molar-refractivity contribution in [3.05, 3.63) is 59.4 Å².